The van der Waals surface area contributed by atoms with E-state index in [2.05, 4.69) is 51.0 Å². The molecule has 3 aromatic rings. The second-order valence-electron chi connectivity index (χ2n) is 5.69. The third kappa shape index (κ3) is 3.23. The number of hydrogen-bond donors (Lipinski definition) is 1. The zero-order valence-corrected chi connectivity index (χ0v) is 14.9. The first kappa shape index (κ1) is 17.1. The SMILES string of the molecule is CN1CCNCC1c1noc(-c2sccc2-c2ccccc2)n1.Cl. The van der Waals surface area contributed by atoms with Gasteiger partial charge in [-0.05, 0) is 24.1 Å². The molecule has 0 spiro atoms. The summed E-state index contributed by atoms with van der Waals surface area (Å²) in [5, 5.41) is 9.67. The molecule has 1 N–H and O–H groups in total. The minimum atomic E-state index is 0. The highest BCUT2D eigenvalue weighted by atomic mass is 35.5. The first-order chi connectivity index (χ1) is 11.3. The maximum absolute atomic E-state index is 5.57. The summed E-state index contributed by atoms with van der Waals surface area (Å²) < 4.78 is 5.57. The number of rotatable bonds is 3. The number of likely N-dealkylation sites (N-methyl/N-ethyl adjacent to an activating group) is 1. The molecule has 0 aliphatic carbocycles. The van der Waals surface area contributed by atoms with E-state index in [9.17, 15) is 0 Å². The van der Waals surface area contributed by atoms with E-state index in [1.165, 1.54) is 5.56 Å². The Kier molecular flexibility index (Phi) is 5.30. The molecule has 1 aliphatic rings. The minimum absolute atomic E-state index is 0. The van der Waals surface area contributed by atoms with Crippen LogP contribution in [-0.4, -0.2) is 41.7 Å². The summed E-state index contributed by atoms with van der Waals surface area (Å²) in [7, 11) is 2.10. The van der Waals surface area contributed by atoms with Crippen LogP contribution in [0.5, 0.6) is 0 Å². The van der Waals surface area contributed by atoms with Crippen LogP contribution < -0.4 is 5.32 Å². The molecule has 0 amide bonds. The summed E-state index contributed by atoms with van der Waals surface area (Å²) in [6, 6.07) is 12.6. The van der Waals surface area contributed by atoms with E-state index in [0.29, 0.717) is 5.89 Å². The average molecular weight is 363 g/mol. The molecule has 3 heterocycles. The largest absolute Gasteiger partial charge is 0.333 e. The number of benzene rings is 1. The van der Waals surface area contributed by atoms with Gasteiger partial charge in [-0.3, -0.25) is 4.90 Å². The van der Waals surface area contributed by atoms with Crippen LogP contribution in [0.2, 0.25) is 0 Å². The average Bonchev–Trinajstić information content (AvgIpc) is 3.25. The van der Waals surface area contributed by atoms with Crippen molar-refractivity contribution in [1.82, 2.24) is 20.4 Å². The van der Waals surface area contributed by atoms with E-state index in [4.69, 9.17) is 4.52 Å². The van der Waals surface area contributed by atoms with Crippen LogP contribution in [0.4, 0.5) is 0 Å². The first-order valence-corrected chi connectivity index (χ1v) is 8.59. The summed E-state index contributed by atoms with van der Waals surface area (Å²) in [6.45, 7) is 2.84. The lowest BCUT2D eigenvalue weighted by Crippen LogP contribution is -2.44. The molecule has 1 atom stereocenters. The number of hydrogen-bond acceptors (Lipinski definition) is 6. The lowest BCUT2D eigenvalue weighted by atomic mass is 10.1. The Morgan fingerprint density at radius 3 is 2.88 bits per heavy atom. The highest BCUT2D eigenvalue weighted by Crippen LogP contribution is 2.36. The Morgan fingerprint density at radius 2 is 2.08 bits per heavy atom. The van der Waals surface area contributed by atoms with Crippen molar-refractivity contribution >= 4 is 23.7 Å². The van der Waals surface area contributed by atoms with Gasteiger partial charge in [0.15, 0.2) is 5.82 Å². The Labute approximate surface area is 151 Å². The molecule has 0 bridgehead atoms. The van der Waals surface area contributed by atoms with Gasteiger partial charge in [0, 0.05) is 25.2 Å². The Balaban J connectivity index is 0.00000169. The summed E-state index contributed by atoms with van der Waals surface area (Å²) in [6.07, 6.45) is 0. The second kappa shape index (κ2) is 7.44. The van der Waals surface area contributed by atoms with Gasteiger partial charge in [0.1, 0.15) is 4.88 Å². The zero-order valence-electron chi connectivity index (χ0n) is 13.3. The quantitative estimate of drug-likeness (QED) is 0.773. The molecule has 1 aromatic carbocycles. The van der Waals surface area contributed by atoms with Gasteiger partial charge in [-0.1, -0.05) is 35.5 Å². The van der Waals surface area contributed by atoms with E-state index in [1.807, 2.05) is 18.2 Å². The maximum Gasteiger partial charge on any atom is 0.268 e. The van der Waals surface area contributed by atoms with Crippen molar-refractivity contribution < 1.29 is 4.52 Å². The zero-order chi connectivity index (χ0) is 15.6. The van der Waals surface area contributed by atoms with Crippen LogP contribution >= 0.6 is 23.7 Å². The molecule has 1 saturated heterocycles. The molecule has 5 nitrogen and oxygen atoms in total. The van der Waals surface area contributed by atoms with E-state index in [0.717, 1.165) is 35.9 Å². The molecule has 1 fully saturated rings. The van der Waals surface area contributed by atoms with Crippen molar-refractivity contribution in [2.24, 2.45) is 0 Å². The number of halogens is 1. The van der Waals surface area contributed by atoms with Gasteiger partial charge < -0.3 is 9.84 Å². The molecule has 1 unspecified atom stereocenters. The molecule has 0 radical (unpaired) electrons. The molecule has 0 saturated carbocycles. The van der Waals surface area contributed by atoms with E-state index in [-0.39, 0.29) is 18.4 Å². The summed E-state index contributed by atoms with van der Waals surface area (Å²) in [4.78, 5) is 7.95. The fourth-order valence-corrected chi connectivity index (χ4v) is 3.71. The molecule has 24 heavy (non-hydrogen) atoms. The van der Waals surface area contributed by atoms with Gasteiger partial charge in [-0.15, -0.1) is 23.7 Å². The predicted molar refractivity (Wildman–Crippen MR) is 98.5 cm³/mol. The standard InChI is InChI=1S/C17H18N4OS.ClH/c1-21-9-8-18-11-14(21)16-19-17(22-20-16)15-13(7-10-23-15)12-5-3-2-4-6-12;/h2-7,10,14,18H,8-9,11H2,1H3;1H. The molecule has 1 aliphatic heterocycles. The Hall–Kier alpha value is -1.73. The van der Waals surface area contributed by atoms with Crippen molar-refractivity contribution in [3.05, 3.63) is 47.6 Å². The molecule has 4 rings (SSSR count). The monoisotopic (exact) mass is 362 g/mol. The number of aromatic nitrogens is 2. The summed E-state index contributed by atoms with van der Waals surface area (Å²) in [5.41, 5.74) is 2.31. The van der Waals surface area contributed by atoms with Crippen molar-refractivity contribution in [3.8, 4) is 21.9 Å². The first-order valence-electron chi connectivity index (χ1n) is 7.71. The molecule has 2 aromatic heterocycles. The third-order valence-corrected chi connectivity index (χ3v) is 5.10. The summed E-state index contributed by atoms with van der Waals surface area (Å²) >= 11 is 1.63. The van der Waals surface area contributed by atoms with Crippen LogP contribution in [-0.2, 0) is 0 Å². The van der Waals surface area contributed by atoms with Crippen LogP contribution in [0, 0.1) is 0 Å². The van der Waals surface area contributed by atoms with Crippen molar-refractivity contribution in [2.75, 3.05) is 26.7 Å². The number of nitrogens with zero attached hydrogens (tertiary/aromatic N) is 3. The fraction of sp³-hybridized carbons (Fsp3) is 0.294. The van der Waals surface area contributed by atoms with Gasteiger partial charge in [-0.25, -0.2) is 0 Å². The van der Waals surface area contributed by atoms with Crippen molar-refractivity contribution in [3.63, 3.8) is 0 Å². The van der Waals surface area contributed by atoms with E-state index >= 15 is 0 Å². The number of piperazine rings is 1. The van der Waals surface area contributed by atoms with Crippen molar-refractivity contribution in [2.45, 2.75) is 6.04 Å². The normalized spacial score (nSPS) is 18.3. The van der Waals surface area contributed by atoms with E-state index in [1.54, 1.807) is 11.3 Å². The van der Waals surface area contributed by atoms with Gasteiger partial charge >= 0.3 is 0 Å². The van der Waals surface area contributed by atoms with Crippen LogP contribution in [0.3, 0.4) is 0 Å². The third-order valence-electron chi connectivity index (χ3n) is 4.20. The fourth-order valence-electron chi connectivity index (χ4n) is 2.88. The summed E-state index contributed by atoms with van der Waals surface area (Å²) in [5.74, 6) is 1.36. The van der Waals surface area contributed by atoms with E-state index < -0.39 is 0 Å². The predicted octanol–water partition coefficient (Wildman–Crippen LogP) is 3.46. The number of thiophene rings is 1. The number of nitrogens with one attached hydrogen (secondary N) is 1. The van der Waals surface area contributed by atoms with Gasteiger partial charge in [0.25, 0.3) is 5.89 Å². The van der Waals surface area contributed by atoms with Gasteiger partial charge in [0.2, 0.25) is 0 Å². The van der Waals surface area contributed by atoms with Crippen LogP contribution in [0.25, 0.3) is 21.9 Å². The molecule has 7 heteroatoms. The highest BCUT2D eigenvalue weighted by Gasteiger charge is 2.26. The highest BCUT2D eigenvalue weighted by molar-refractivity contribution is 7.14. The van der Waals surface area contributed by atoms with Crippen LogP contribution in [0.15, 0.2) is 46.3 Å². The second-order valence-corrected chi connectivity index (χ2v) is 6.60. The van der Waals surface area contributed by atoms with Gasteiger partial charge in [-0.2, -0.15) is 4.98 Å². The van der Waals surface area contributed by atoms with Gasteiger partial charge in [0.05, 0.1) is 6.04 Å². The molecular weight excluding hydrogens is 344 g/mol. The topological polar surface area (TPSA) is 54.2 Å². The Morgan fingerprint density at radius 1 is 1.25 bits per heavy atom. The smallest absolute Gasteiger partial charge is 0.268 e. The minimum Gasteiger partial charge on any atom is -0.333 e. The Bertz CT molecular complexity index is 789. The molecular formula is C17H19ClN4OS. The maximum atomic E-state index is 5.57. The lowest BCUT2D eigenvalue weighted by molar-refractivity contribution is 0.190. The van der Waals surface area contributed by atoms with Crippen LogP contribution in [0.1, 0.15) is 11.9 Å². The lowest BCUT2D eigenvalue weighted by Gasteiger charge is -2.30. The van der Waals surface area contributed by atoms with Crippen molar-refractivity contribution in [1.29, 1.82) is 0 Å². The molecule has 126 valence electrons.